The minimum Gasteiger partial charge on any atom is -0.389 e. The topological polar surface area (TPSA) is 144 Å². The Bertz CT molecular complexity index is 1810. The number of aromatic nitrogens is 4. The molecule has 0 spiro atoms. The van der Waals surface area contributed by atoms with Crippen LogP contribution in [0.2, 0.25) is 5.02 Å². The highest BCUT2D eigenvalue weighted by molar-refractivity contribution is 7.90. The minimum atomic E-state index is -4.06. The van der Waals surface area contributed by atoms with Crippen molar-refractivity contribution >= 4 is 48.3 Å². The van der Waals surface area contributed by atoms with E-state index in [0.29, 0.717) is 24.6 Å². The van der Waals surface area contributed by atoms with Crippen molar-refractivity contribution in [3.63, 3.8) is 0 Å². The first-order chi connectivity index (χ1) is 18.7. The van der Waals surface area contributed by atoms with E-state index in [2.05, 4.69) is 20.3 Å². The molecule has 40 heavy (non-hydrogen) atoms. The van der Waals surface area contributed by atoms with Gasteiger partial charge in [0.1, 0.15) is 9.84 Å². The summed E-state index contributed by atoms with van der Waals surface area (Å²) in [5.74, 6) is -1.28. The lowest BCUT2D eigenvalue weighted by Crippen LogP contribution is -2.45. The van der Waals surface area contributed by atoms with Gasteiger partial charge in [-0.1, -0.05) is 29.3 Å². The fourth-order valence-electron chi connectivity index (χ4n) is 5.11. The summed E-state index contributed by atoms with van der Waals surface area (Å²) < 4.78 is 66.6. The van der Waals surface area contributed by atoms with Gasteiger partial charge in [0.15, 0.2) is 23.1 Å². The van der Waals surface area contributed by atoms with Crippen molar-refractivity contribution in [1.82, 2.24) is 18.9 Å². The standard InChI is InChI=1S/C26H27ClFN5O5S2/c1-16-5-7-19(8-6-16)40(37,38)33-14-21(20-10-17(27)12-30-25(20)33)23-29-13-22(28)24(32-23)31-18-4-3-9-26(34,11-18)15-39(2,35)36/h5-8,10,12-14,18,34H,3-4,9,11,15H2,1-2H3,(H,29,31,32)/t18?,26-/m1/s1. The van der Waals surface area contributed by atoms with Gasteiger partial charge in [0.2, 0.25) is 0 Å². The van der Waals surface area contributed by atoms with Crippen LogP contribution < -0.4 is 5.32 Å². The Labute approximate surface area is 236 Å². The zero-order valence-electron chi connectivity index (χ0n) is 21.7. The van der Waals surface area contributed by atoms with Crippen LogP contribution in [0.1, 0.15) is 31.2 Å². The Hall–Kier alpha value is -3.13. The number of pyridine rings is 1. The summed E-state index contributed by atoms with van der Waals surface area (Å²) in [5, 5.41) is 14.4. The van der Waals surface area contributed by atoms with Gasteiger partial charge in [0, 0.05) is 35.6 Å². The van der Waals surface area contributed by atoms with Crippen molar-refractivity contribution < 1.29 is 26.3 Å². The number of benzene rings is 1. The number of halogens is 2. The summed E-state index contributed by atoms with van der Waals surface area (Å²) in [7, 11) is -7.49. The molecule has 0 amide bonds. The van der Waals surface area contributed by atoms with Crippen LogP contribution in [0.4, 0.5) is 10.2 Å². The van der Waals surface area contributed by atoms with E-state index in [1.807, 2.05) is 6.92 Å². The molecule has 0 saturated heterocycles. The van der Waals surface area contributed by atoms with E-state index < -0.39 is 43.1 Å². The largest absolute Gasteiger partial charge is 0.389 e. The molecule has 1 aromatic carbocycles. The summed E-state index contributed by atoms with van der Waals surface area (Å²) >= 11 is 6.19. The Morgan fingerprint density at radius 1 is 1.18 bits per heavy atom. The molecule has 0 radical (unpaired) electrons. The van der Waals surface area contributed by atoms with E-state index >= 15 is 0 Å². The van der Waals surface area contributed by atoms with Crippen LogP contribution in [0.25, 0.3) is 22.4 Å². The van der Waals surface area contributed by atoms with Crippen LogP contribution in [0.3, 0.4) is 0 Å². The van der Waals surface area contributed by atoms with Crippen LogP contribution in [0.5, 0.6) is 0 Å². The van der Waals surface area contributed by atoms with Gasteiger partial charge in [-0.25, -0.2) is 40.2 Å². The molecule has 2 N–H and O–H groups in total. The maximum Gasteiger partial charge on any atom is 0.269 e. The fraction of sp³-hybridized carbons (Fsp3) is 0.346. The number of rotatable bonds is 7. The minimum absolute atomic E-state index is 0.0260. The van der Waals surface area contributed by atoms with Gasteiger partial charge >= 0.3 is 0 Å². The van der Waals surface area contributed by atoms with E-state index in [4.69, 9.17) is 11.6 Å². The third-order valence-electron chi connectivity index (χ3n) is 6.83. The van der Waals surface area contributed by atoms with Crippen LogP contribution in [-0.4, -0.2) is 64.5 Å². The van der Waals surface area contributed by atoms with Crippen LogP contribution in [0.15, 0.2) is 53.8 Å². The molecule has 10 nitrogen and oxygen atoms in total. The SMILES string of the molecule is Cc1ccc(S(=O)(=O)n2cc(-c3ncc(F)c(NC4CCC[C@](O)(CS(C)(=O)=O)C4)n3)c3cc(Cl)cnc32)cc1. The van der Waals surface area contributed by atoms with Gasteiger partial charge in [-0.05, 0) is 50.8 Å². The predicted octanol–water partition coefficient (Wildman–Crippen LogP) is 3.96. The van der Waals surface area contributed by atoms with Crippen LogP contribution in [0, 0.1) is 12.7 Å². The number of aliphatic hydroxyl groups is 1. The second-order valence-corrected chi connectivity index (χ2v) is 14.7. The monoisotopic (exact) mass is 607 g/mol. The van der Waals surface area contributed by atoms with Gasteiger partial charge in [-0.15, -0.1) is 0 Å². The van der Waals surface area contributed by atoms with E-state index in [0.717, 1.165) is 22.0 Å². The van der Waals surface area contributed by atoms with Crippen molar-refractivity contribution in [3.8, 4) is 11.4 Å². The molecule has 5 rings (SSSR count). The first-order valence-electron chi connectivity index (χ1n) is 12.4. The molecule has 3 aromatic heterocycles. The quantitative estimate of drug-likeness (QED) is 0.319. The summed E-state index contributed by atoms with van der Waals surface area (Å²) in [5.41, 5.74) is -0.174. The van der Waals surface area contributed by atoms with Crippen molar-refractivity contribution in [1.29, 1.82) is 0 Å². The van der Waals surface area contributed by atoms with Crippen molar-refractivity contribution in [2.75, 3.05) is 17.3 Å². The second-order valence-electron chi connectivity index (χ2n) is 10.3. The van der Waals surface area contributed by atoms with Gasteiger partial charge in [-0.2, -0.15) is 0 Å². The summed E-state index contributed by atoms with van der Waals surface area (Å²) in [6, 6.07) is 7.46. The molecule has 2 atom stereocenters. The van der Waals surface area contributed by atoms with E-state index in [1.165, 1.54) is 30.6 Å². The van der Waals surface area contributed by atoms with E-state index in [-0.39, 0.29) is 39.2 Å². The lowest BCUT2D eigenvalue weighted by Gasteiger charge is -2.36. The Balaban J connectivity index is 1.54. The van der Waals surface area contributed by atoms with Crippen molar-refractivity contribution in [2.45, 2.75) is 49.1 Å². The number of nitrogens with one attached hydrogen (secondary N) is 1. The number of nitrogens with zero attached hydrogens (tertiary/aromatic N) is 4. The highest BCUT2D eigenvalue weighted by Gasteiger charge is 2.37. The molecular weight excluding hydrogens is 581 g/mol. The lowest BCUT2D eigenvalue weighted by atomic mass is 9.83. The summed E-state index contributed by atoms with van der Waals surface area (Å²) in [6.07, 6.45) is 6.20. The van der Waals surface area contributed by atoms with Crippen LogP contribution in [-0.2, 0) is 19.9 Å². The molecule has 1 aliphatic rings. The number of anilines is 1. The smallest absolute Gasteiger partial charge is 0.269 e. The molecule has 3 heterocycles. The second kappa shape index (κ2) is 10.4. The molecule has 1 aliphatic carbocycles. The number of aryl methyl sites for hydroxylation is 1. The van der Waals surface area contributed by atoms with Gasteiger partial charge in [0.05, 0.1) is 27.5 Å². The average Bonchev–Trinajstić information content (AvgIpc) is 3.24. The molecule has 14 heteroatoms. The molecular formula is C26H27ClFN5O5S2. The third kappa shape index (κ3) is 5.82. The highest BCUT2D eigenvalue weighted by atomic mass is 35.5. The third-order valence-corrected chi connectivity index (χ3v) is 9.77. The zero-order valence-corrected chi connectivity index (χ0v) is 24.1. The number of hydrogen-bond acceptors (Lipinski definition) is 9. The fourth-order valence-corrected chi connectivity index (χ4v) is 7.83. The van der Waals surface area contributed by atoms with Crippen LogP contribution >= 0.6 is 11.6 Å². The molecule has 212 valence electrons. The molecule has 1 fully saturated rings. The van der Waals surface area contributed by atoms with Gasteiger partial charge < -0.3 is 10.4 Å². The van der Waals surface area contributed by atoms with Gasteiger partial charge in [-0.3, -0.25) is 0 Å². The van der Waals surface area contributed by atoms with Gasteiger partial charge in [0.25, 0.3) is 10.0 Å². The Morgan fingerprint density at radius 3 is 2.60 bits per heavy atom. The molecule has 4 aromatic rings. The number of hydrogen-bond donors (Lipinski definition) is 2. The molecule has 1 unspecified atom stereocenters. The van der Waals surface area contributed by atoms with E-state index in [1.54, 1.807) is 12.1 Å². The predicted molar refractivity (Wildman–Crippen MR) is 150 cm³/mol. The van der Waals surface area contributed by atoms with E-state index in [9.17, 15) is 26.3 Å². The molecule has 1 saturated carbocycles. The summed E-state index contributed by atoms with van der Waals surface area (Å²) in [4.78, 5) is 12.7. The molecule has 0 bridgehead atoms. The van der Waals surface area contributed by atoms with Crippen molar-refractivity contribution in [3.05, 3.63) is 65.3 Å². The summed E-state index contributed by atoms with van der Waals surface area (Å²) in [6.45, 7) is 1.85. The average molecular weight is 608 g/mol. The maximum absolute atomic E-state index is 14.9. The highest BCUT2D eigenvalue weighted by Crippen LogP contribution is 2.34. The lowest BCUT2D eigenvalue weighted by molar-refractivity contribution is 0.0214. The Kier molecular flexibility index (Phi) is 7.36. The first-order valence-corrected chi connectivity index (χ1v) is 16.3. The Morgan fingerprint density at radius 2 is 1.90 bits per heavy atom. The number of sulfone groups is 1. The first kappa shape index (κ1) is 28.4. The number of fused-ring (bicyclic) bond motifs is 1. The zero-order chi connectivity index (χ0) is 28.9. The maximum atomic E-state index is 14.9. The van der Waals surface area contributed by atoms with Crippen molar-refractivity contribution in [2.24, 2.45) is 0 Å². The molecule has 0 aliphatic heterocycles. The normalized spacial score (nSPS) is 20.1.